The number of alkyl halides is 2. The number of likely N-dealkylation sites (tertiary alicyclic amines) is 1. The smallest absolute Gasteiger partial charge is 0.387 e. The number of nitrogens with zero attached hydrogens (tertiary/aromatic N) is 2. The van der Waals surface area contributed by atoms with Gasteiger partial charge in [-0.15, -0.1) is 0 Å². The molecule has 3 aromatic carbocycles. The lowest BCUT2D eigenvalue weighted by Crippen LogP contribution is -2.64. The molecule has 42 heavy (non-hydrogen) atoms. The summed E-state index contributed by atoms with van der Waals surface area (Å²) in [6, 6.07) is 22.2. The van der Waals surface area contributed by atoms with Crippen LogP contribution in [-0.2, 0) is 26.0 Å². The van der Waals surface area contributed by atoms with Crippen LogP contribution in [0.15, 0.2) is 83.8 Å². The molecule has 5 rings (SSSR count). The third-order valence-electron chi connectivity index (χ3n) is 7.74. The number of amides is 1. The normalized spacial score (nSPS) is 21.9. The van der Waals surface area contributed by atoms with Crippen molar-refractivity contribution in [3.63, 3.8) is 0 Å². The maximum atomic E-state index is 14.0. The summed E-state index contributed by atoms with van der Waals surface area (Å²) in [5.41, 5.74) is 1.35. The van der Waals surface area contributed by atoms with Crippen molar-refractivity contribution < 1.29 is 31.5 Å². The Hall–Kier alpha value is -3.38. The number of ether oxygens (including phenoxy) is 2. The third kappa shape index (κ3) is 7.15. The SMILES string of the molecule is Cc1ccc(S(=O)(=O)N2C[C@]3(CCCN(CC(=O)Nc4ccccc4OC(F)F)C3)OC[C@@H]2Cc2ccccc2)cc1. The molecule has 2 atom stereocenters. The van der Waals surface area contributed by atoms with E-state index in [1.807, 2.05) is 42.2 Å². The second kappa shape index (κ2) is 12.9. The molecule has 0 aromatic heterocycles. The van der Waals surface area contributed by atoms with E-state index < -0.39 is 28.3 Å². The van der Waals surface area contributed by atoms with E-state index in [-0.39, 0.29) is 41.9 Å². The number of aryl methyl sites for hydroxylation is 1. The molecular weight excluding hydrogens is 564 g/mol. The van der Waals surface area contributed by atoms with Crippen molar-refractivity contribution in [1.82, 2.24) is 9.21 Å². The first-order valence-electron chi connectivity index (χ1n) is 14.0. The van der Waals surface area contributed by atoms with Gasteiger partial charge in [-0.05, 0) is 62.6 Å². The first kappa shape index (κ1) is 30.1. The maximum Gasteiger partial charge on any atom is 0.387 e. The van der Waals surface area contributed by atoms with E-state index in [0.29, 0.717) is 32.4 Å². The van der Waals surface area contributed by atoms with Gasteiger partial charge in [0.15, 0.2) is 0 Å². The van der Waals surface area contributed by atoms with Gasteiger partial charge in [0.2, 0.25) is 15.9 Å². The Labute approximate surface area is 245 Å². The average molecular weight is 600 g/mol. The van der Waals surface area contributed by atoms with Gasteiger partial charge in [0.1, 0.15) is 5.75 Å². The van der Waals surface area contributed by atoms with Crippen LogP contribution in [0.3, 0.4) is 0 Å². The van der Waals surface area contributed by atoms with Crippen molar-refractivity contribution in [2.24, 2.45) is 0 Å². The van der Waals surface area contributed by atoms with E-state index in [9.17, 15) is 22.0 Å². The van der Waals surface area contributed by atoms with E-state index in [1.54, 1.807) is 40.7 Å². The molecule has 3 aromatic rings. The summed E-state index contributed by atoms with van der Waals surface area (Å²) in [7, 11) is -3.84. The number of nitrogens with one attached hydrogen (secondary N) is 1. The van der Waals surface area contributed by atoms with Crippen LogP contribution in [0.25, 0.3) is 0 Å². The van der Waals surface area contributed by atoms with Crippen LogP contribution in [0, 0.1) is 6.92 Å². The minimum atomic E-state index is -3.84. The van der Waals surface area contributed by atoms with Gasteiger partial charge in [-0.2, -0.15) is 13.1 Å². The fourth-order valence-corrected chi connectivity index (χ4v) is 7.41. The van der Waals surface area contributed by atoms with Crippen LogP contribution < -0.4 is 10.1 Å². The second-order valence-corrected chi connectivity index (χ2v) is 12.8. The quantitative estimate of drug-likeness (QED) is 0.384. The number of sulfonamides is 1. The Morgan fingerprint density at radius 2 is 1.76 bits per heavy atom. The standard InChI is InChI=1S/C31H35F2N3O5S/c1-23-12-14-26(15-13-23)42(38,39)36-22-31(40-20-25(36)18-24-8-3-2-4-9-24)16-7-17-35(21-31)19-29(37)34-27-10-5-6-11-28(27)41-30(32)33/h2-6,8-15,25,30H,7,16-22H2,1H3,(H,34,37)/t25-,31+/m0/s1. The summed E-state index contributed by atoms with van der Waals surface area (Å²) in [6.07, 6.45) is 1.86. The maximum absolute atomic E-state index is 14.0. The molecular formula is C31H35F2N3O5S. The van der Waals surface area contributed by atoms with Crippen LogP contribution in [0.2, 0.25) is 0 Å². The van der Waals surface area contributed by atoms with Crippen molar-refractivity contribution in [3.8, 4) is 5.75 Å². The molecule has 2 aliphatic rings. The number of benzene rings is 3. The van der Waals surface area contributed by atoms with Crippen molar-refractivity contribution in [3.05, 3.63) is 90.0 Å². The van der Waals surface area contributed by atoms with Gasteiger partial charge in [0.25, 0.3) is 0 Å². The highest BCUT2D eigenvalue weighted by Crippen LogP contribution is 2.35. The van der Waals surface area contributed by atoms with E-state index in [1.165, 1.54) is 12.1 Å². The molecule has 2 aliphatic heterocycles. The van der Waals surface area contributed by atoms with Crippen LogP contribution in [0.5, 0.6) is 5.75 Å². The van der Waals surface area contributed by atoms with Gasteiger partial charge >= 0.3 is 6.61 Å². The monoisotopic (exact) mass is 599 g/mol. The number of anilines is 1. The zero-order valence-electron chi connectivity index (χ0n) is 23.4. The van der Waals surface area contributed by atoms with E-state index in [2.05, 4.69) is 10.1 Å². The highest BCUT2D eigenvalue weighted by Gasteiger charge is 2.47. The molecule has 2 heterocycles. The molecule has 0 radical (unpaired) electrons. The average Bonchev–Trinajstić information content (AvgIpc) is 2.96. The van der Waals surface area contributed by atoms with Crippen LogP contribution in [0.4, 0.5) is 14.5 Å². The van der Waals surface area contributed by atoms with E-state index >= 15 is 0 Å². The van der Waals surface area contributed by atoms with Crippen LogP contribution in [0.1, 0.15) is 24.0 Å². The van der Waals surface area contributed by atoms with Crippen molar-refractivity contribution in [2.45, 2.75) is 49.3 Å². The van der Waals surface area contributed by atoms with Gasteiger partial charge in [-0.1, -0.05) is 60.2 Å². The minimum Gasteiger partial charge on any atom is -0.433 e. The summed E-state index contributed by atoms with van der Waals surface area (Å²) in [5.74, 6) is -0.507. The third-order valence-corrected chi connectivity index (χ3v) is 9.65. The van der Waals surface area contributed by atoms with Gasteiger partial charge in [-0.3, -0.25) is 9.69 Å². The number of carbonyl (C=O) groups is 1. The molecule has 1 amide bonds. The fourth-order valence-electron chi connectivity index (χ4n) is 5.72. The molecule has 2 saturated heterocycles. The summed E-state index contributed by atoms with van der Waals surface area (Å²) in [6.45, 7) is 0.238. The van der Waals surface area contributed by atoms with E-state index in [0.717, 1.165) is 11.1 Å². The first-order valence-corrected chi connectivity index (χ1v) is 15.4. The number of hydrogen-bond acceptors (Lipinski definition) is 6. The molecule has 2 fully saturated rings. The molecule has 0 bridgehead atoms. The summed E-state index contributed by atoms with van der Waals surface area (Å²) < 4.78 is 66.2. The highest BCUT2D eigenvalue weighted by molar-refractivity contribution is 7.89. The second-order valence-electron chi connectivity index (χ2n) is 10.9. The largest absolute Gasteiger partial charge is 0.433 e. The summed E-state index contributed by atoms with van der Waals surface area (Å²) >= 11 is 0. The van der Waals surface area contributed by atoms with Gasteiger partial charge in [0, 0.05) is 13.1 Å². The molecule has 1 spiro atoms. The molecule has 224 valence electrons. The predicted octanol–water partition coefficient (Wildman–Crippen LogP) is 4.70. The lowest BCUT2D eigenvalue weighted by Gasteiger charge is -2.50. The Bertz CT molecular complexity index is 1470. The predicted molar refractivity (Wildman–Crippen MR) is 155 cm³/mol. The number of carbonyl (C=O) groups excluding carboxylic acids is 1. The fraction of sp³-hybridized carbons (Fsp3) is 0.387. The summed E-state index contributed by atoms with van der Waals surface area (Å²) in [5, 5.41) is 2.66. The minimum absolute atomic E-state index is 0.00766. The highest BCUT2D eigenvalue weighted by atomic mass is 32.2. The Morgan fingerprint density at radius 1 is 1.05 bits per heavy atom. The van der Waals surface area contributed by atoms with Crippen molar-refractivity contribution in [2.75, 3.05) is 38.1 Å². The number of hydrogen-bond donors (Lipinski definition) is 1. The molecule has 0 unspecified atom stereocenters. The Kier molecular flexibility index (Phi) is 9.22. The lowest BCUT2D eigenvalue weighted by molar-refractivity contribution is -0.144. The number of morpholine rings is 1. The number of piperidine rings is 1. The molecule has 11 heteroatoms. The van der Waals surface area contributed by atoms with Gasteiger partial charge in [0.05, 0.1) is 35.4 Å². The van der Waals surface area contributed by atoms with Crippen LogP contribution >= 0.6 is 0 Å². The number of halogens is 2. The van der Waals surface area contributed by atoms with Crippen molar-refractivity contribution in [1.29, 1.82) is 0 Å². The zero-order valence-corrected chi connectivity index (χ0v) is 24.2. The zero-order chi connectivity index (χ0) is 29.7. The van der Waals surface area contributed by atoms with Crippen LogP contribution in [-0.4, -0.2) is 74.6 Å². The number of rotatable bonds is 9. The lowest BCUT2D eigenvalue weighted by atomic mass is 9.90. The van der Waals surface area contributed by atoms with Crippen molar-refractivity contribution >= 4 is 21.6 Å². The Morgan fingerprint density at radius 3 is 2.50 bits per heavy atom. The molecule has 0 saturated carbocycles. The first-order chi connectivity index (χ1) is 20.1. The van der Waals surface area contributed by atoms with Gasteiger partial charge < -0.3 is 14.8 Å². The Balaban J connectivity index is 1.33. The molecule has 8 nitrogen and oxygen atoms in total. The topological polar surface area (TPSA) is 88.2 Å². The number of para-hydroxylation sites is 2. The van der Waals surface area contributed by atoms with Gasteiger partial charge in [-0.25, -0.2) is 8.42 Å². The molecule has 0 aliphatic carbocycles. The summed E-state index contributed by atoms with van der Waals surface area (Å²) in [4.78, 5) is 15.1. The molecule has 1 N–H and O–H groups in total. The van der Waals surface area contributed by atoms with E-state index in [4.69, 9.17) is 4.74 Å².